The summed E-state index contributed by atoms with van der Waals surface area (Å²) in [4.78, 5) is 22.1. The Morgan fingerprint density at radius 2 is 2.14 bits per heavy atom. The Kier molecular flexibility index (Phi) is 7.89. The van der Waals surface area contributed by atoms with E-state index in [1.165, 1.54) is 6.08 Å². The molecule has 1 aromatic rings. The Morgan fingerprint density at radius 3 is 2.86 bits per heavy atom. The number of carboxylic acids is 1. The summed E-state index contributed by atoms with van der Waals surface area (Å²) < 4.78 is 12.0. The minimum Gasteiger partial charge on any atom is -0.478 e. The van der Waals surface area contributed by atoms with Gasteiger partial charge in [0.25, 0.3) is 0 Å². The monoisotopic (exact) mass is 295 g/mol. The fraction of sp³-hybridized carbons (Fsp3) is 0.467. The predicted octanol–water partition coefficient (Wildman–Crippen LogP) is 1.95. The molecule has 1 heterocycles. The first-order chi connectivity index (χ1) is 10.1. The summed E-state index contributed by atoms with van der Waals surface area (Å²) in [5, 5.41) is 8.59. The van der Waals surface area contributed by atoms with Crippen LogP contribution in [0.25, 0.3) is 6.08 Å². The summed E-state index contributed by atoms with van der Waals surface area (Å²) in [6.07, 6.45) is 6.22. The van der Waals surface area contributed by atoms with Crippen LogP contribution >= 0.6 is 0 Å². The second-order valence-electron chi connectivity index (χ2n) is 4.42. The van der Waals surface area contributed by atoms with Gasteiger partial charge in [0.05, 0.1) is 6.61 Å². The molecule has 0 aliphatic rings. The SMILES string of the molecule is CCCCOCCOC(=O)Cn1cccc1/C=C/C(=O)O. The molecule has 0 radical (unpaired) electrons. The van der Waals surface area contributed by atoms with Crippen LogP contribution in [0.1, 0.15) is 25.5 Å². The van der Waals surface area contributed by atoms with Gasteiger partial charge >= 0.3 is 11.9 Å². The van der Waals surface area contributed by atoms with Crippen molar-refractivity contribution in [2.75, 3.05) is 19.8 Å². The Labute approximate surface area is 124 Å². The van der Waals surface area contributed by atoms with Crippen LogP contribution in [0.3, 0.4) is 0 Å². The molecule has 0 aromatic carbocycles. The summed E-state index contributed by atoms with van der Waals surface area (Å²) in [6, 6.07) is 3.46. The molecule has 0 saturated heterocycles. The molecule has 1 rings (SSSR count). The number of nitrogens with zero attached hydrogens (tertiary/aromatic N) is 1. The number of unbranched alkanes of at least 4 members (excludes halogenated alkanes) is 1. The largest absolute Gasteiger partial charge is 0.478 e. The molecule has 0 saturated carbocycles. The van der Waals surface area contributed by atoms with Gasteiger partial charge in [-0.05, 0) is 24.6 Å². The van der Waals surface area contributed by atoms with Crippen LogP contribution in [0, 0.1) is 0 Å². The number of hydrogen-bond acceptors (Lipinski definition) is 4. The molecule has 6 heteroatoms. The fourth-order valence-corrected chi connectivity index (χ4v) is 1.63. The van der Waals surface area contributed by atoms with Crippen molar-refractivity contribution in [3.05, 3.63) is 30.1 Å². The van der Waals surface area contributed by atoms with Gasteiger partial charge in [-0.2, -0.15) is 0 Å². The van der Waals surface area contributed by atoms with Crippen LogP contribution in [-0.4, -0.2) is 41.4 Å². The van der Waals surface area contributed by atoms with Gasteiger partial charge in [-0.1, -0.05) is 13.3 Å². The maximum absolute atomic E-state index is 11.7. The number of carboxylic acid groups (broad SMARTS) is 1. The summed E-state index contributed by atoms with van der Waals surface area (Å²) in [7, 11) is 0. The Balaban J connectivity index is 2.31. The van der Waals surface area contributed by atoms with E-state index in [0.717, 1.165) is 18.9 Å². The van der Waals surface area contributed by atoms with Gasteiger partial charge in [0, 0.05) is 24.6 Å². The highest BCUT2D eigenvalue weighted by Crippen LogP contribution is 2.05. The third-order valence-electron chi connectivity index (χ3n) is 2.69. The molecular weight excluding hydrogens is 274 g/mol. The van der Waals surface area contributed by atoms with Crippen molar-refractivity contribution >= 4 is 18.0 Å². The normalized spacial score (nSPS) is 10.9. The molecule has 0 fully saturated rings. The number of hydrogen-bond donors (Lipinski definition) is 1. The molecule has 0 atom stereocenters. The number of aliphatic carboxylic acids is 1. The molecule has 0 bridgehead atoms. The van der Waals surface area contributed by atoms with Crippen LogP contribution in [0.15, 0.2) is 24.4 Å². The molecule has 0 unspecified atom stereocenters. The third-order valence-corrected chi connectivity index (χ3v) is 2.69. The molecule has 1 aromatic heterocycles. The first-order valence-electron chi connectivity index (χ1n) is 6.93. The topological polar surface area (TPSA) is 77.8 Å². The first kappa shape index (κ1) is 17.0. The minimum atomic E-state index is -1.03. The number of ether oxygens (including phenoxy) is 2. The average Bonchev–Trinajstić information content (AvgIpc) is 2.87. The maximum Gasteiger partial charge on any atom is 0.328 e. The van der Waals surface area contributed by atoms with Crippen LogP contribution in [0.4, 0.5) is 0 Å². The van der Waals surface area contributed by atoms with Crippen LogP contribution in [-0.2, 0) is 25.6 Å². The van der Waals surface area contributed by atoms with Crippen molar-refractivity contribution in [2.45, 2.75) is 26.3 Å². The van der Waals surface area contributed by atoms with Crippen molar-refractivity contribution in [1.29, 1.82) is 0 Å². The van der Waals surface area contributed by atoms with Crippen molar-refractivity contribution in [2.24, 2.45) is 0 Å². The smallest absolute Gasteiger partial charge is 0.328 e. The zero-order chi connectivity index (χ0) is 15.5. The van der Waals surface area contributed by atoms with E-state index in [4.69, 9.17) is 14.6 Å². The number of rotatable bonds is 10. The maximum atomic E-state index is 11.7. The van der Waals surface area contributed by atoms with E-state index in [9.17, 15) is 9.59 Å². The molecule has 1 N–H and O–H groups in total. The number of carbonyl (C=O) groups is 2. The van der Waals surface area contributed by atoms with Crippen molar-refractivity contribution < 1.29 is 24.2 Å². The van der Waals surface area contributed by atoms with Gasteiger partial charge in [-0.3, -0.25) is 4.79 Å². The van der Waals surface area contributed by atoms with E-state index in [-0.39, 0.29) is 19.1 Å². The standard InChI is InChI=1S/C15H21NO5/c1-2-3-9-20-10-11-21-15(19)12-16-8-4-5-13(16)6-7-14(17)18/h4-8H,2-3,9-12H2,1H3,(H,17,18)/b7-6+. The van der Waals surface area contributed by atoms with Gasteiger partial charge in [0.15, 0.2) is 0 Å². The zero-order valence-corrected chi connectivity index (χ0v) is 12.2. The van der Waals surface area contributed by atoms with Gasteiger partial charge in [-0.25, -0.2) is 4.79 Å². The third kappa shape index (κ3) is 7.31. The van der Waals surface area contributed by atoms with Crippen molar-refractivity contribution in [3.8, 4) is 0 Å². The molecule has 0 aliphatic carbocycles. The highest BCUT2D eigenvalue weighted by atomic mass is 16.6. The average molecular weight is 295 g/mol. The summed E-state index contributed by atoms with van der Waals surface area (Å²) in [5.41, 5.74) is 0.633. The van der Waals surface area contributed by atoms with E-state index in [1.807, 2.05) is 0 Å². The van der Waals surface area contributed by atoms with E-state index in [0.29, 0.717) is 18.9 Å². The summed E-state index contributed by atoms with van der Waals surface area (Å²) in [5.74, 6) is -1.41. The van der Waals surface area contributed by atoms with Crippen LogP contribution < -0.4 is 0 Å². The van der Waals surface area contributed by atoms with E-state index >= 15 is 0 Å². The molecule has 0 spiro atoms. The number of carbonyl (C=O) groups excluding carboxylic acids is 1. The molecular formula is C15H21NO5. The minimum absolute atomic E-state index is 0.0429. The lowest BCUT2D eigenvalue weighted by atomic mass is 10.3. The molecule has 6 nitrogen and oxygen atoms in total. The highest BCUT2D eigenvalue weighted by molar-refractivity contribution is 5.85. The fourth-order valence-electron chi connectivity index (χ4n) is 1.63. The Hall–Kier alpha value is -2.08. The van der Waals surface area contributed by atoms with Crippen LogP contribution in [0.2, 0.25) is 0 Å². The van der Waals surface area contributed by atoms with Gasteiger partial charge in [0.2, 0.25) is 0 Å². The van der Waals surface area contributed by atoms with Gasteiger partial charge < -0.3 is 19.1 Å². The Morgan fingerprint density at radius 1 is 1.33 bits per heavy atom. The summed E-state index contributed by atoms with van der Waals surface area (Å²) >= 11 is 0. The van der Waals surface area contributed by atoms with E-state index in [1.54, 1.807) is 22.9 Å². The predicted molar refractivity (Wildman–Crippen MR) is 77.8 cm³/mol. The quantitative estimate of drug-likeness (QED) is 0.405. The lowest BCUT2D eigenvalue weighted by molar-refractivity contribution is -0.146. The van der Waals surface area contributed by atoms with Gasteiger partial charge in [-0.15, -0.1) is 0 Å². The Bertz CT molecular complexity index is 478. The second kappa shape index (κ2) is 9.77. The van der Waals surface area contributed by atoms with Crippen molar-refractivity contribution in [3.63, 3.8) is 0 Å². The molecule has 21 heavy (non-hydrogen) atoms. The first-order valence-corrected chi connectivity index (χ1v) is 6.93. The lowest BCUT2D eigenvalue weighted by Gasteiger charge is -2.08. The lowest BCUT2D eigenvalue weighted by Crippen LogP contribution is -2.16. The second-order valence-corrected chi connectivity index (χ2v) is 4.42. The van der Waals surface area contributed by atoms with E-state index in [2.05, 4.69) is 6.92 Å². The zero-order valence-electron chi connectivity index (χ0n) is 12.2. The molecule has 0 amide bonds. The number of aromatic nitrogens is 1. The van der Waals surface area contributed by atoms with Crippen LogP contribution in [0.5, 0.6) is 0 Å². The summed E-state index contributed by atoms with van der Waals surface area (Å²) in [6.45, 7) is 3.42. The van der Waals surface area contributed by atoms with E-state index < -0.39 is 5.97 Å². The highest BCUT2D eigenvalue weighted by Gasteiger charge is 2.06. The van der Waals surface area contributed by atoms with Crippen molar-refractivity contribution in [1.82, 2.24) is 4.57 Å². The van der Waals surface area contributed by atoms with Gasteiger partial charge in [0.1, 0.15) is 13.2 Å². The molecule has 0 aliphatic heterocycles. The number of esters is 1. The molecule has 116 valence electrons.